The predicted molar refractivity (Wildman–Crippen MR) is 130 cm³/mol. The highest BCUT2D eigenvalue weighted by Gasteiger charge is 2.25. The van der Waals surface area contributed by atoms with Crippen molar-refractivity contribution in [3.8, 4) is 5.75 Å². The number of benzene rings is 2. The van der Waals surface area contributed by atoms with Gasteiger partial charge < -0.3 is 20.3 Å². The molecule has 0 bridgehead atoms. The van der Waals surface area contributed by atoms with Crippen LogP contribution in [0.1, 0.15) is 16.8 Å². The van der Waals surface area contributed by atoms with Gasteiger partial charge in [-0.1, -0.05) is 0 Å². The van der Waals surface area contributed by atoms with E-state index >= 15 is 0 Å². The number of anilines is 2. The predicted octanol–water partition coefficient (Wildman–Crippen LogP) is 2.77. The number of ether oxygens (including phenoxy) is 1. The van der Waals surface area contributed by atoms with E-state index in [0.29, 0.717) is 28.4 Å². The van der Waals surface area contributed by atoms with Crippen LogP contribution in [0.5, 0.6) is 5.75 Å². The van der Waals surface area contributed by atoms with E-state index < -0.39 is 0 Å². The molecule has 5 rings (SSSR count). The fourth-order valence-electron chi connectivity index (χ4n) is 4.80. The molecule has 1 unspecified atom stereocenters. The smallest absolute Gasteiger partial charge is 0.258 e. The standard InChI is InChI=1S/C24H29N7O2/c1-25-11-15-7-8-31(12-15)21-6-5-17(23-18(21)14-30(3)28-23)24(32)26-20-9-16-13-29(2)27-19(16)10-22(20)33-4/h5-6,9-10,13-15,25H,7-8,11-12H2,1-4H3,(H,26,32). The van der Waals surface area contributed by atoms with Gasteiger partial charge in [0, 0.05) is 62.1 Å². The molecule has 0 aliphatic carbocycles. The van der Waals surface area contributed by atoms with E-state index in [2.05, 4.69) is 25.7 Å². The zero-order chi connectivity index (χ0) is 23.1. The number of fused-ring (bicyclic) bond motifs is 2. The minimum atomic E-state index is -0.221. The van der Waals surface area contributed by atoms with Crippen molar-refractivity contribution in [1.82, 2.24) is 24.9 Å². The number of aryl methyl sites for hydroxylation is 2. The number of amides is 1. The summed E-state index contributed by atoms with van der Waals surface area (Å²) < 4.78 is 9.03. The quantitative estimate of drug-likeness (QED) is 0.473. The molecular weight excluding hydrogens is 418 g/mol. The summed E-state index contributed by atoms with van der Waals surface area (Å²) >= 11 is 0. The number of nitrogens with one attached hydrogen (secondary N) is 2. The first-order valence-electron chi connectivity index (χ1n) is 11.2. The third-order valence-corrected chi connectivity index (χ3v) is 6.32. The Hall–Kier alpha value is -3.59. The van der Waals surface area contributed by atoms with E-state index in [1.165, 1.54) is 0 Å². The molecule has 2 N–H and O–H groups in total. The molecule has 2 aromatic heterocycles. The number of rotatable bonds is 6. The van der Waals surface area contributed by atoms with Gasteiger partial charge in [-0.25, -0.2) is 0 Å². The van der Waals surface area contributed by atoms with E-state index in [1.807, 2.05) is 57.8 Å². The Bertz CT molecular complexity index is 1340. The number of carbonyl (C=O) groups is 1. The van der Waals surface area contributed by atoms with Crippen LogP contribution in [0.2, 0.25) is 0 Å². The second-order valence-corrected chi connectivity index (χ2v) is 8.72. The van der Waals surface area contributed by atoms with Gasteiger partial charge >= 0.3 is 0 Å². The second-order valence-electron chi connectivity index (χ2n) is 8.72. The van der Waals surface area contributed by atoms with Crippen LogP contribution >= 0.6 is 0 Å². The lowest BCUT2D eigenvalue weighted by Gasteiger charge is -2.20. The lowest BCUT2D eigenvalue weighted by molar-refractivity contribution is 0.102. The van der Waals surface area contributed by atoms with Gasteiger partial charge in [0.15, 0.2) is 0 Å². The van der Waals surface area contributed by atoms with Crippen molar-refractivity contribution in [2.45, 2.75) is 6.42 Å². The SMILES string of the molecule is CNCC1CCN(c2ccc(C(=O)Nc3cc4cn(C)nc4cc3OC)c3nn(C)cc23)C1. The fourth-order valence-corrected chi connectivity index (χ4v) is 4.80. The molecule has 1 saturated heterocycles. The topological polar surface area (TPSA) is 89.2 Å². The molecule has 4 aromatic rings. The molecular formula is C24H29N7O2. The number of carbonyl (C=O) groups excluding carboxylic acids is 1. The molecule has 1 aliphatic heterocycles. The first kappa shape index (κ1) is 21.3. The summed E-state index contributed by atoms with van der Waals surface area (Å²) in [5.41, 5.74) is 3.78. The summed E-state index contributed by atoms with van der Waals surface area (Å²) in [7, 11) is 7.34. The van der Waals surface area contributed by atoms with Crippen LogP contribution in [0.25, 0.3) is 21.8 Å². The Labute approximate surface area is 192 Å². The zero-order valence-corrected chi connectivity index (χ0v) is 19.4. The van der Waals surface area contributed by atoms with E-state index in [1.54, 1.807) is 16.5 Å². The van der Waals surface area contributed by atoms with Gasteiger partial charge in [0.25, 0.3) is 5.91 Å². The maximum absolute atomic E-state index is 13.4. The molecule has 0 saturated carbocycles. The van der Waals surface area contributed by atoms with E-state index in [-0.39, 0.29) is 5.91 Å². The largest absolute Gasteiger partial charge is 0.494 e. The zero-order valence-electron chi connectivity index (χ0n) is 19.4. The van der Waals surface area contributed by atoms with E-state index in [9.17, 15) is 4.79 Å². The summed E-state index contributed by atoms with van der Waals surface area (Å²) in [6.07, 6.45) is 5.06. The highest BCUT2D eigenvalue weighted by atomic mass is 16.5. The van der Waals surface area contributed by atoms with Gasteiger partial charge in [0.2, 0.25) is 0 Å². The summed E-state index contributed by atoms with van der Waals surface area (Å²) in [6.45, 7) is 3.01. The van der Waals surface area contributed by atoms with Gasteiger partial charge in [-0.2, -0.15) is 10.2 Å². The van der Waals surface area contributed by atoms with Gasteiger partial charge in [0.05, 0.1) is 23.9 Å². The molecule has 1 fully saturated rings. The van der Waals surface area contributed by atoms with Gasteiger partial charge in [-0.05, 0) is 44.1 Å². The van der Waals surface area contributed by atoms with Crippen LogP contribution in [0.4, 0.5) is 11.4 Å². The maximum Gasteiger partial charge on any atom is 0.258 e. The number of hydrogen-bond acceptors (Lipinski definition) is 6. The molecule has 0 spiro atoms. The van der Waals surface area contributed by atoms with Crippen molar-refractivity contribution >= 4 is 39.1 Å². The number of methoxy groups -OCH3 is 1. The normalized spacial score (nSPS) is 16.1. The lowest BCUT2D eigenvalue weighted by atomic mass is 10.1. The molecule has 1 amide bonds. The minimum absolute atomic E-state index is 0.221. The van der Waals surface area contributed by atoms with E-state index in [0.717, 1.165) is 48.0 Å². The second kappa shape index (κ2) is 8.40. The Kier molecular flexibility index (Phi) is 5.41. The fraction of sp³-hybridized carbons (Fsp3) is 0.375. The Balaban J connectivity index is 1.48. The third-order valence-electron chi connectivity index (χ3n) is 6.32. The maximum atomic E-state index is 13.4. The van der Waals surface area contributed by atoms with Crippen LogP contribution < -0.4 is 20.3 Å². The minimum Gasteiger partial charge on any atom is -0.494 e. The van der Waals surface area contributed by atoms with Gasteiger partial charge in [0.1, 0.15) is 11.3 Å². The summed E-state index contributed by atoms with van der Waals surface area (Å²) in [4.78, 5) is 15.8. The molecule has 9 nitrogen and oxygen atoms in total. The molecule has 33 heavy (non-hydrogen) atoms. The number of hydrogen-bond donors (Lipinski definition) is 2. The van der Waals surface area contributed by atoms with Crippen LogP contribution in [0, 0.1) is 5.92 Å². The van der Waals surface area contributed by atoms with Crippen LogP contribution in [-0.2, 0) is 14.1 Å². The third kappa shape index (κ3) is 3.89. The number of aromatic nitrogens is 4. The summed E-state index contributed by atoms with van der Waals surface area (Å²) in [5, 5.41) is 17.3. The molecule has 0 radical (unpaired) electrons. The van der Waals surface area contributed by atoms with Crippen molar-refractivity contribution in [3.05, 3.63) is 42.2 Å². The lowest BCUT2D eigenvalue weighted by Crippen LogP contribution is -2.24. The van der Waals surface area contributed by atoms with Crippen molar-refractivity contribution in [1.29, 1.82) is 0 Å². The first-order chi connectivity index (χ1) is 16.0. The van der Waals surface area contributed by atoms with Crippen molar-refractivity contribution < 1.29 is 9.53 Å². The Morgan fingerprint density at radius 3 is 2.79 bits per heavy atom. The molecule has 3 heterocycles. The van der Waals surface area contributed by atoms with Crippen LogP contribution in [0.3, 0.4) is 0 Å². The molecule has 1 atom stereocenters. The van der Waals surface area contributed by atoms with E-state index in [4.69, 9.17) is 4.74 Å². The van der Waals surface area contributed by atoms with Crippen LogP contribution in [0.15, 0.2) is 36.7 Å². The molecule has 172 valence electrons. The summed E-state index contributed by atoms with van der Waals surface area (Å²) in [6, 6.07) is 7.64. The highest BCUT2D eigenvalue weighted by Crippen LogP contribution is 2.34. The van der Waals surface area contributed by atoms with Crippen LogP contribution in [-0.4, -0.2) is 59.3 Å². The molecule has 2 aromatic carbocycles. The Morgan fingerprint density at radius 2 is 2.00 bits per heavy atom. The monoisotopic (exact) mass is 447 g/mol. The summed E-state index contributed by atoms with van der Waals surface area (Å²) in [5.74, 6) is 0.969. The average molecular weight is 448 g/mol. The first-order valence-corrected chi connectivity index (χ1v) is 11.2. The van der Waals surface area contributed by atoms with Gasteiger partial charge in [-0.15, -0.1) is 0 Å². The molecule has 1 aliphatic rings. The average Bonchev–Trinajstić information content (AvgIpc) is 3.49. The van der Waals surface area contributed by atoms with Gasteiger partial charge in [-0.3, -0.25) is 14.2 Å². The molecule has 9 heteroatoms. The Morgan fingerprint density at radius 1 is 1.18 bits per heavy atom. The van der Waals surface area contributed by atoms with Crippen molar-refractivity contribution in [2.75, 3.05) is 44.0 Å². The van der Waals surface area contributed by atoms with Crippen molar-refractivity contribution in [3.63, 3.8) is 0 Å². The highest BCUT2D eigenvalue weighted by molar-refractivity contribution is 6.14. The number of nitrogens with zero attached hydrogens (tertiary/aromatic N) is 5. The van der Waals surface area contributed by atoms with Crippen molar-refractivity contribution in [2.24, 2.45) is 20.0 Å².